The van der Waals surface area contributed by atoms with Crippen LogP contribution in [-0.2, 0) is 5.75 Å². The van der Waals surface area contributed by atoms with Gasteiger partial charge in [0.1, 0.15) is 0 Å². The van der Waals surface area contributed by atoms with Gasteiger partial charge in [0.15, 0.2) is 0 Å². The molecule has 1 aliphatic rings. The second-order valence-electron chi connectivity index (χ2n) is 5.57. The van der Waals surface area contributed by atoms with Crippen LogP contribution in [0.15, 0.2) is 48.5 Å². The standard InChI is InChI=1S/C18H21NS/c1-13-7-9-15(10-8-13)14(2)19-18-12-20-11-16-5-3-4-6-17(16)18/h3-10,14,18-19H,11-12H2,1-2H3/t14-,18?/m1/s1. The molecule has 1 N–H and O–H groups in total. The summed E-state index contributed by atoms with van der Waals surface area (Å²) >= 11 is 2.02. The minimum Gasteiger partial charge on any atom is -0.303 e. The smallest absolute Gasteiger partial charge is 0.0419 e. The fourth-order valence-corrected chi connectivity index (χ4v) is 3.89. The van der Waals surface area contributed by atoms with E-state index in [-0.39, 0.29) is 0 Å². The molecule has 1 nitrogen and oxygen atoms in total. The molecule has 0 aromatic heterocycles. The van der Waals surface area contributed by atoms with Crippen molar-refractivity contribution in [2.75, 3.05) is 5.75 Å². The Labute approximate surface area is 125 Å². The molecule has 20 heavy (non-hydrogen) atoms. The van der Waals surface area contributed by atoms with Crippen molar-refractivity contribution in [1.29, 1.82) is 0 Å². The van der Waals surface area contributed by atoms with Gasteiger partial charge in [-0.2, -0.15) is 11.8 Å². The highest BCUT2D eigenvalue weighted by atomic mass is 32.2. The summed E-state index contributed by atoms with van der Waals surface area (Å²) in [7, 11) is 0. The predicted octanol–water partition coefficient (Wildman–Crippen LogP) is 4.63. The second kappa shape index (κ2) is 6.02. The van der Waals surface area contributed by atoms with E-state index in [1.54, 1.807) is 0 Å². The molecule has 2 aromatic carbocycles. The molecule has 0 saturated carbocycles. The van der Waals surface area contributed by atoms with Gasteiger partial charge in [0.25, 0.3) is 0 Å². The van der Waals surface area contributed by atoms with E-state index < -0.39 is 0 Å². The van der Waals surface area contributed by atoms with Crippen LogP contribution in [0.4, 0.5) is 0 Å². The summed E-state index contributed by atoms with van der Waals surface area (Å²) in [4.78, 5) is 0. The summed E-state index contributed by atoms with van der Waals surface area (Å²) in [5.41, 5.74) is 5.64. The van der Waals surface area contributed by atoms with Gasteiger partial charge in [-0.15, -0.1) is 0 Å². The van der Waals surface area contributed by atoms with E-state index in [4.69, 9.17) is 0 Å². The van der Waals surface area contributed by atoms with Crippen molar-refractivity contribution in [3.63, 3.8) is 0 Å². The van der Waals surface area contributed by atoms with Crippen LogP contribution in [0.2, 0.25) is 0 Å². The van der Waals surface area contributed by atoms with Crippen LogP contribution < -0.4 is 5.32 Å². The molecule has 104 valence electrons. The molecule has 0 aliphatic carbocycles. The Morgan fingerprint density at radius 3 is 2.65 bits per heavy atom. The summed E-state index contributed by atoms with van der Waals surface area (Å²) in [6.07, 6.45) is 0. The van der Waals surface area contributed by atoms with Crippen molar-refractivity contribution in [3.05, 3.63) is 70.8 Å². The van der Waals surface area contributed by atoms with E-state index in [0.29, 0.717) is 12.1 Å². The van der Waals surface area contributed by atoms with Crippen LogP contribution >= 0.6 is 11.8 Å². The molecule has 0 radical (unpaired) electrons. The van der Waals surface area contributed by atoms with Crippen molar-refractivity contribution >= 4 is 11.8 Å². The molecule has 0 spiro atoms. The minimum atomic E-state index is 0.382. The first-order valence-electron chi connectivity index (χ1n) is 7.22. The molecule has 0 bridgehead atoms. The summed E-state index contributed by atoms with van der Waals surface area (Å²) in [6, 6.07) is 18.5. The fraction of sp³-hybridized carbons (Fsp3) is 0.333. The lowest BCUT2D eigenvalue weighted by Gasteiger charge is -2.29. The van der Waals surface area contributed by atoms with Gasteiger partial charge in [0.2, 0.25) is 0 Å². The van der Waals surface area contributed by atoms with Crippen LogP contribution in [0, 0.1) is 6.92 Å². The van der Waals surface area contributed by atoms with E-state index in [0.717, 1.165) is 11.5 Å². The number of benzene rings is 2. The Morgan fingerprint density at radius 2 is 1.85 bits per heavy atom. The molecular formula is C18H21NS. The van der Waals surface area contributed by atoms with E-state index in [1.807, 2.05) is 11.8 Å². The minimum absolute atomic E-state index is 0.382. The summed E-state index contributed by atoms with van der Waals surface area (Å²) < 4.78 is 0. The van der Waals surface area contributed by atoms with Crippen molar-refractivity contribution in [1.82, 2.24) is 5.32 Å². The number of thioether (sulfide) groups is 1. The van der Waals surface area contributed by atoms with Gasteiger partial charge < -0.3 is 5.32 Å². The van der Waals surface area contributed by atoms with Crippen LogP contribution in [0.25, 0.3) is 0 Å². The molecule has 0 fully saturated rings. The number of rotatable bonds is 3. The Bertz CT molecular complexity index is 576. The maximum absolute atomic E-state index is 3.79. The summed E-state index contributed by atoms with van der Waals surface area (Å²) in [6.45, 7) is 4.39. The molecule has 2 heteroatoms. The fourth-order valence-electron chi connectivity index (χ4n) is 2.77. The lowest BCUT2D eigenvalue weighted by molar-refractivity contribution is 0.495. The van der Waals surface area contributed by atoms with Gasteiger partial charge in [-0.3, -0.25) is 0 Å². The average Bonchev–Trinajstić information content (AvgIpc) is 2.48. The van der Waals surface area contributed by atoms with Crippen molar-refractivity contribution < 1.29 is 0 Å². The SMILES string of the molecule is Cc1ccc([C@@H](C)NC2CSCc3ccccc32)cc1. The van der Waals surface area contributed by atoms with E-state index in [2.05, 4.69) is 67.7 Å². The Kier molecular flexibility index (Phi) is 4.13. The molecular weight excluding hydrogens is 262 g/mol. The zero-order chi connectivity index (χ0) is 13.9. The Hall–Kier alpha value is -1.25. The van der Waals surface area contributed by atoms with E-state index in [1.165, 1.54) is 22.3 Å². The molecule has 1 unspecified atom stereocenters. The average molecular weight is 283 g/mol. The first-order valence-corrected chi connectivity index (χ1v) is 8.37. The molecule has 0 saturated heterocycles. The third-order valence-corrected chi connectivity index (χ3v) is 5.09. The summed E-state index contributed by atoms with van der Waals surface area (Å²) in [5.74, 6) is 2.31. The lowest BCUT2D eigenvalue weighted by Crippen LogP contribution is -2.29. The van der Waals surface area contributed by atoms with Gasteiger partial charge in [-0.25, -0.2) is 0 Å². The summed E-state index contributed by atoms with van der Waals surface area (Å²) in [5, 5.41) is 3.79. The maximum Gasteiger partial charge on any atom is 0.0419 e. The third-order valence-electron chi connectivity index (χ3n) is 4.00. The first kappa shape index (κ1) is 13.7. The highest BCUT2D eigenvalue weighted by Gasteiger charge is 2.21. The van der Waals surface area contributed by atoms with Crippen LogP contribution in [0.1, 0.15) is 41.3 Å². The zero-order valence-corrected chi connectivity index (χ0v) is 12.9. The molecule has 3 rings (SSSR count). The topological polar surface area (TPSA) is 12.0 Å². The molecule has 1 aliphatic heterocycles. The second-order valence-corrected chi connectivity index (χ2v) is 6.60. The largest absolute Gasteiger partial charge is 0.303 e. The molecule has 1 heterocycles. The van der Waals surface area contributed by atoms with Gasteiger partial charge in [-0.1, -0.05) is 54.1 Å². The Balaban J connectivity index is 1.77. The monoisotopic (exact) mass is 283 g/mol. The predicted molar refractivity (Wildman–Crippen MR) is 88.1 cm³/mol. The molecule has 2 atom stereocenters. The molecule has 2 aromatic rings. The van der Waals surface area contributed by atoms with Crippen molar-refractivity contribution in [2.24, 2.45) is 0 Å². The maximum atomic E-state index is 3.79. The quantitative estimate of drug-likeness (QED) is 0.881. The number of aryl methyl sites for hydroxylation is 1. The van der Waals surface area contributed by atoms with E-state index in [9.17, 15) is 0 Å². The van der Waals surface area contributed by atoms with Crippen LogP contribution in [-0.4, -0.2) is 5.75 Å². The number of nitrogens with one attached hydrogen (secondary N) is 1. The zero-order valence-electron chi connectivity index (χ0n) is 12.1. The Morgan fingerprint density at radius 1 is 1.10 bits per heavy atom. The number of hydrogen-bond acceptors (Lipinski definition) is 2. The van der Waals surface area contributed by atoms with Gasteiger partial charge in [0.05, 0.1) is 0 Å². The van der Waals surface area contributed by atoms with E-state index >= 15 is 0 Å². The van der Waals surface area contributed by atoms with Crippen molar-refractivity contribution in [3.8, 4) is 0 Å². The van der Waals surface area contributed by atoms with Crippen LogP contribution in [0.3, 0.4) is 0 Å². The molecule has 0 amide bonds. The third kappa shape index (κ3) is 2.92. The van der Waals surface area contributed by atoms with Gasteiger partial charge in [0, 0.05) is 23.6 Å². The van der Waals surface area contributed by atoms with Crippen molar-refractivity contribution in [2.45, 2.75) is 31.7 Å². The van der Waals surface area contributed by atoms with Crippen LogP contribution in [0.5, 0.6) is 0 Å². The number of hydrogen-bond donors (Lipinski definition) is 1. The number of fused-ring (bicyclic) bond motifs is 1. The lowest BCUT2D eigenvalue weighted by atomic mass is 9.99. The normalized spacial score (nSPS) is 19.4. The highest BCUT2D eigenvalue weighted by Crippen LogP contribution is 2.33. The highest BCUT2D eigenvalue weighted by molar-refractivity contribution is 7.98. The van der Waals surface area contributed by atoms with Gasteiger partial charge >= 0.3 is 0 Å². The first-order chi connectivity index (χ1) is 9.74. The van der Waals surface area contributed by atoms with Gasteiger partial charge in [-0.05, 0) is 30.5 Å².